The van der Waals surface area contributed by atoms with E-state index in [0.29, 0.717) is 5.82 Å². The standard InChI is InChI=1S/C7H7N3O4/c1-4-8-5(2-3-6(11)12)7(9-4)10(13)14/h2-3H,1H3,(H,8,9)(H,11,12). The maximum absolute atomic E-state index is 10.4. The number of rotatable bonds is 3. The SMILES string of the molecule is Cc1nc(C=CC(=O)O)c([N+](=O)[O-])[nH]1. The van der Waals surface area contributed by atoms with Crippen LogP contribution in [0.3, 0.4) is 0 Å². The van der Waals surface area contributed by atoms with Gasteiger partial charge in [0, 0.05) is 13.0 Å². The highest BCUT2D eigenvalue weighted by molar-refractivity contribution is 5.85. The average Bonchev–Trinajstić information content (AvgIpc) is 2.43. The number of aliphatic carboxylic acids is 1. The summed E-state index contributed by atoms with van der Waals surface area (Å²) in [5.41, 5.74) is 0.00917. The van der Waals surface area contributed by atoms with Crippen LogP contribution >= 0.6 is 0 Å². The molecule has 7 nitrogen and oxygen atoms in total. The van der Waals surface area contributed by atoms with Crippen molar-refractivity contribution < 1.29 is 14.8 Å². The molecule has 14 heavy (non-hydrogen) atoms. The molecule has 2 N–H and O–H groups in total. The van der Waals surface area contributed by atoms with Crippen LogP contribution in [0.1, 0.15) is 11.5 Å². The van der Waals surface area contributed by atoms with E-state index in [4.69, 9.17) is 5.11 Å². The number of nitrogens with one attached hydrogen (secondary N) is 1. The Hall–Kier alpha value is -2.18. The molecule has 0 bridgehead atoms. The molecular formula is C7H7N3O4. The molecule has 0 saturated heterocycles. The number of hydrogen-bond acceptors (Lipinski definition) is 4. The van der Waals surface area contributed by atoms with Crippen molar-refractivity contribution in [2.75, 3.05) is 0 Å². The van der Waals surface area contributed by atoms with Gasteiger partial charge in [-0.05, 0) is 11.0 Å². The zero-order valence-corrected chi connectivity index (χ0v) is 7.22. The highest BCUT2D eigenvalue weighted by Gasteiger charge is 2.15. The van der Waals surface area contributed by atoms with Gasteiger partial charge in [0.1, 0.15) is 0 Å². The molecule has 0 atom stereocenters. The first-order chi connectivity index (χ1) is 6.50. The number of aromatic amines is 1. The number of carbonyl (C=O) groups is 1. The van der Waals surface area contributed by atoms with Crippen molar-refractivity contribution in [3.05, 3.63) is 27.7 Å². The van der Waals surface area contributed by atoms with Crippen molar-refractivity contribution in [1.82, 2.24) is 9.97 Å². The monoisotopic (exact) mass is 197 g/mol. The van der Waals surface area contributed by atoms with Gasteiger partial charge in [0.2, 0.25) is 0 Å². The summed E-state index contributed by atoms with van der Waals surface area (Å²) >= 11 is 0. The van der Waals surface area contributed by atoms with E-state index in [9.17, 15) is 14.9 Å². The minimum absolute atomic E-state index is 0.00917. The van der Waals surface area contributed by atoms with Gasteiger partial charge < -0.3 is 15.2 Å². The summed E-state index contributed by atoms with van der Waals surface area (Å²) in [6.45, 7) is 1.55. The van der Waals surface area contributed by atoms with Crippen molar-refractivity contribution in [2.24, 2.45) is 0 Å². The van der Waals surface area contributed by atoms with Crippen LogP contribution in [0.15, 0.2) is 6.08 Å². The summed E-state index contributed by atoms with van der Waals surface area (Å²) in [6.07, 6.45) is 1.87. The Morgan fingerprint density at radius 1 is 1.71 bits per heavy atom. The fourth-order valence-electron chi connectivity index (χ4n) is 0.903. The normalized spacial score (nSPS) is 10.6. The number of aryl methyl sites for hydroxylation is 1. The molecule has 74 valence electrons. The van der Waals surface area contributed by atoms with E-state index in [-0.39, 0.29) is 11.5 Å². The van der Waals surface area contributed by atoms with Gasteiger partial charge in [-0.15, -0.1) is 0 Å². The van der Waals surface area contributed by atoms with Gasteiger partial charge in [-0.2, -0.15) is 0 Å². The molecule has 0 aromatic carbocycles. The summed E-state index contributed by atoms with van der Waals surface area (Å²) in [5, 5.41) is 18.7. The summed E-state index contributed by atoms with van der Waals surface area (Å²) in [6, 6.07) is 0. The molecular weight excluding hydrogens is 190 g/mol. The Bertz CT molecular complexity index is 407. The number of carboxylic acid groups (broad SMARTS) is 1. The van der Waals surface area contributed by atoms with E-state index in [0.717, 1.165) is 12.2 Å². The lowest BCUT2D eigenvalue weighted by Crippen LogP contribution is -1.91. The molecule has 1 heterocycles. The quantitative estimate of drug-likeness (QED) is 0.421. The molecule has 7 heteroatoms. The Labute approximate surface area is 78.2 Å². The van der Waals surface area contributed by atoms with Crippen LogP contribution in [0.4, 0.5) is 5.82 Å². The molecule has 0 amide bonds. The van der Waals surface area contributed by atoms with Crippen LogP contribution in [0.25, 0.3) is 6.08 Å². The van der Waals surface area contributed by atoms with Crippen molar-refractivity contribution >= 4 is 17.9 Å². The topological polar surface area (TPSA) is 109 Å². The third-order valence-corrected chi connectivity index (χ3v) is 1.40. The molecule has 0 aliphatic heterocycles. The third kappa shape index (κ3) is 2.16. The second-order valence-electron chi connectivity index (χ2n) is 2.48. The van der Waals surface area contributed by atoms with Crippen LogP contribution in [0.2, 0.25) is 0 Å². The van der Waals surface area contributed by atoms with Gasteiger partial charge in [0.15, 0.2) is 11.5 Å². The van der Waals surface area contributed by atoms with E-state index < -0.39 is 10.9 Å². The van der Waals surface area contributed by atoms with Gasteiger partial charge >= 0.3 is 11.8 Å². The average molecular weight is 197 g/mol. The number of hydrogen-bond donors (Lipinski definition) is 2. The number of aromatic nitrogens is 2. The van der Waals surface area contributed by atoms with Crippen LogP contribution in [0, 0.1) is 17.0 Å². The summed E-state index contributed by atoms with van der Waals surface area (Å²) < 4.78 is 0. The van der Waals surface area contributed by atoms with Gasteiger partial charge in [0.25, 0.3) is 0 Å². The van der Waals surface area contributed by atoms with Crippen LogP contribution in [0.5, 0.6) is 0 Å². The predicted molar refractivity (Wildman–Crippen MR) is 46.6 cm³/mol. The molecule has 0 saturated carbocycles. The molecule has 1 rings (SSSR count). The highest BCUT2D eigenvalue weighted by atomic mass is 16.6. The lowest BCUT2D eigenvalue weighted by molar-refractivity contribution is -0.389. The van der Waals surface area contributed by atoms with Crippen molar-refractivity contribution in [1.29, 1.82) is 0 Å². The van der Waals surface area contributed by atoms with Gasteiger partial charge in [0.05, 0.1) is 0 Å². The molecule has 1 aromatic rings. The molecule has 0 fully saturated rings. The lowest BCUT2D eigenvalue weighted by Gasteiger charge is -1.89. The molecule has 0 radical (unpaired) electrons. The Kier molecular flexibility index (Phi) is 2.61. The second-order valence-corrected chi connectivity index (χ2v) is 2.48. The van der Waals surface area contributed by atoms with Gasteiger partial charge in [-0.3, -0.25) is 0 Å². The van der Waals surface area contributed by atoms with Crippen LogP contribution < -0.4 is 0 Å². The van der Waals surface area contributed by atoms with E-state index in [1.165, 1.54) is 0 Å². The van der Waals surface area contributed by atoms with E-state index in [1.807, 2.05) is 0 Å². The fourth-order valence-corrected chi connectivity index (χ4v) is 0.903. The van der Waals surface area contributed by atoms with E-state index in [1.54, 1.807) is 6.92 Å². The first-order valence-electron chi connectivity index (χ1n) is 3.62. The first-order valence-corrected chi connectivity index (χ1v) is 3.62. The predicted octanol–water partition coefficient (Wildman–Crippen LogP) is 0.724. The molecule has 0 aliphatic rings. The number of nitro groups is 1. The Balaban J connectivity index is 3.07. The first kappa shape index (κ1) is 9.90. The summed E-state index contributed by atoms with van der Waals surface area (Å²) in [4.78, 5) is 26.1. The fraction of sp³-hybridized carbons (Fsp3) is 0.143. The summed E-state index contributed by atoms with van der Waals surface area (Å²) in [7, 11) is 0. The van der Waals surface area contributed by atoms with Crippen LogP contribution in [-0.4, -0.2) is 26.0 Å². The second kappa shape index (κ2) is 3.69. The van der Waals surface area contributed by atoms with Crippen molar-refractivity contribution in [2.45, 2.75) is 6.92 Å². The van der Waals surface area contributed by atoms with E-state index >= 15 is 0 Å². The van der Waals surface area contributed by atoms with Crippen molar-refractivity contribution in [3.8, 4) is 0 Å². The maximum Gasteiger partial charge on any atom is 0.348 e. The number of carboxylic acids is 1. The van der Waals surface area contributed by atoms with Crippen LogP contribution in [-0.2, 0) is 4.79 Å². The maximum atomic E-state index is 10.4. The number of H-pyrrole nitrogens is 1. The number of imidazole rings is 1. The largest absolute Gasteiger partial charge is 0.478 e. The Morgan fingerprint density at radius 3 is 2.86 bits per heavy atom. The minimum Gasteiger partial charge on any atom is -0.478 e. The zero-order chi connectivity index (χ0) is 10.7. The third-order valence-electron chi connectivity index (χ3n) is 1.40. The van der Waals surface area contributed by atoms with Gasteiger partial charge in [-0.1, -0.05) is 0 Å². The lowest BCUT2D eigenvalue weighted by atomic mass is 10.4. The molecule has 0 unspecified atom stereocenters. The Morgan fingerprint density at radius 2 is 2.36 bits per heavy atom. The highest BCUT2D eigenvalue weighted by Crippen LogP contribution is 2.15. The minimum atomic E-state index is -1.18. The summed E-state index contributed by atoms with van der Waals surface area (Å²) in [5.74, 6) is -1.12. The smallest absolute Gasteiger partial charge is 0.348 e. The van der Waals surface area contributed by atoms with Crippen molar-refractivity contribution in [3.63, 3.8) is 0 Å². The molecule has 1 aromatic heterocycles. The zero-order valence-electron chi connectivity index (χ0n) is 7.22. The van der Waals surface area contributed by atoms with E-state index in [2.05, 4.69) is 9.97 Å². The molecule has 0 aliphatic carbocycles. The molecule has 0 spiro atoms. The number of nitrogens with zero attached hydrogens (tertiary/aromatic N) is 2. The van der Waals surface area contributed by atoms with Gasteiger partial charge in [-0.25, -0.2) is 14.8 Å².